The molecule has 1 aliphatic heterocycles. The molecule has 0 saturated carbocycles. The van der Waals surface area contributed by atoms with Gasteiger partial charge in [0.25, 0.3) is 0 Å². The zero-order valence-corrected chi connectivity index (χ0v) is 31.1. The molecule has 1 heterocycles. The van der Waals surface area contributed by atoms with Gasteiger partial charge in [-0.2, -0.15) is 0 Å². The van der Waals surface area contributed by atoms with E-state index in [1.807, 2.05) is 6.08 Å². The van der Waals surface area contributed by atoms with Crippen molar-refractivity contribution in [2.75, 3.05) is 13.2 Å². The number of carbonyl (C=O) groups excluding carboxylic acids is 2. The Bertz CT molecular complexity index is 958. The first-order valence-corrected chi connectivity index (χ1v) is 20.3. The fraction of sp³-hybridized carbons (Fsp3) is 0.789. The van der Waals surface area contributed by atoms with Crippen LogP contribution in [0.5, 0.6) is 0 Å². The summed E-state index contributed by atoms with van der Waals surface area (Å²) in [5.74, 6) is -0.140. The third kappa shape index (κ3) is 28.1. The van der Waals surface area contributed by atoms with Crippen LogP contribution in [0, 0.1) is 5.92 Å². The zero-order chi connectivity index (χ0) is 35.3. The van der Waals surface area contributed by atoms with Gasteiger partial charge in [-0.1, -0.05) is 128 Å². The molecule has 0 bridgehead atoms. The van der Waals surface area contributed by atoms with Crippen molar-refractivity contribution in [3.05, 3.63) is 36.5 Å². The molecule has 0 aromatic rings. The zero-order valence-electron chi connectivity index (χ0n) is 30.2. The van der Waals surface area contributed by atoms with E-state index >= 15 is 0 Å². The molecule has 0 amide bonds. The summed E-state index contributed by atoms with van der Waals surface area (Å²) in [6, 6.07) is 0. The summed E-state index contributed by atoms with van der Waals surface area (Å²) in [6.07, 6.45) is 33.3. The Morgan fingerprint density at radius 1 is 0.729 bits per heavy atom. The van der Waals surface area contributed by atoms with Crippen LogP contribution in [-0.4, -0.2) is 53.3 Å². The van der Waals surface area contributed by atoms with Crippen molar-refractivity contribution in [1.29, 1.82) is 0 Å². The van der Waals surface area contributed by atoms with E-state index in [9.17, 15) is 14.2 Å². The van der Waals surface area contributed by atoms with Crippen molar-refractivity contribution < 1.29 is 42.7 Å². The van der Waals surface area contributed by atoms with Gasteiger partial charge in [0.15, 0.2) is 6.10 Å². The van der Waals surface area contributed by atoms with E-state index in [4.69, 9.17) is 24.0 Å². The second-order valence-corrected chi connectivity index (χ2v) is 14.4. The van der Waals surface area contributed by atoms with Gasteiger partial charge in [0.05, 0.1) is 18.8 Å². The SMILES string of the molecule is CCCCC/C=C\C/C=C\CC1OC1C/C=C\CCCC(=O)O[C@H](COC(=O)CCCCCCCCCCC(C)CC)COP(=O)(O)O. The summed E-state index contributed by atoms with van der Waals surface area (Å²) in [7, 11) is -4.77. The third-order valence-corrected chi connectivity index (χ3v) is 9.09. The predicted molar refractivity (Wildman–Crippen MR) is 192 cm³/mol. The molecule has 3 unspecified atom stereocenters. The highest BCUT2D eigenvalue weighted by Gasteiger charge is 2.36. The summed E-state index contributed by atoms with van der Waals surface area (Å²) in [5.41, 5.74) is 0. The molecule has 1 rings (SSSR count). The Morgan fingerprint density at radius 2 is 1.31 bits per heavy atom. The average Bonchev–Trinajstić information content (AvgIpc) is 3.81. The summed E-state index contributed by atoms with van der Waals surface area (Å²) in [6.45, 7) is 5.90. The van der Waals surface area contributed by atoms with Crippen LogP contribution >= 0.6 is 7.82 Å². The van der Waals surface area contributed by atoms with Gasteiger partial charge in [0.1, 0.15) is 6.61 Å². The minimum atomic E-state index is -4.77. The van der Waals surface area contributed by atoms with Crippen molar-refractivity contribution in [2.24, 2.45) is 5.92 Å². The molecule has 4 atom stereocenters. The molecule has 1 aliphatic rings. The third-order valence-electron chi connectivity index (χ3n) is 8.60. The highest BCUT2D eigenvalue weighted by Crippen LogP contribution is 2.36. The molecule has 0 aromatic heterocycles. The maximum Gasteiger partial charge on any atom is 0.469 e. The van der Waals surface area contributed by atoms with E-state index < -0.39 is 32.5 Å². The molecule has 9 nitrogen and oxygen atoms in total. The minimum Gasteiger partial charge on any atom is -0.462 e. The number of unbranched alkanes of at least 4 members (excludes halogenated alkanes) is 11. The van der Waals surface area contributed by atoms with E-state index in [0.717, 1.165) is 50.9 Å². The Kier molecular flexibility index (Phi) is 26.7. The fourth-order valence-corrected chi connectivity index (χ4v) is 5.62. The van der Waals surface area contributed by atoms with Gasteiger partial charge in [0.2, 0.25) is 0 Å². The molecular formula is C38H67O9P. The van der Waals surface area contributed by atoms with Gasteiger partial charge in [-0.05, 0) is 57.3 Å². The first-order chi connectivity index (χ1) is 23.1. The fourth-order valence-electron chi connectivity index (χ4n) is 5.26. The largest absolute Gasteiger partial charge is 0.469 e. The molecule has 0 radical (unpaired) electrons. The van der Waals surface area contributed by atoms with Crippen LogP contribution in [0.25, 0.3) is 0 Å². The van der Waals surface area contributed by atoms with Crippen LogP contribution in [0.4, 0.5) is 0 Å². The molecule has 2 N–H and O–H groups in total. The number of allylic oxidation sites excluding steroid dienone is 4. The Hall–Kier alpha value is -1.77. The second kappa shape index (κ2) is 29.0. The van der Waals surface area contributed by atoms with Crippen LogP contribution in [0.2, 0.25) is 0 Å². The predicted octanol–water partition coefficient (Wildman–Crippen LogP) is 9.85. The van der Waals surface area contributed by atoms with E-state index in [-0.39, 0.29) is 31.7 Å². The maximum atomic E-state index is 12.4. The van der Waals surface area contributed by atoms with E-state index in [0.29, 0.717) is 19.3 Å². The van der Waals surface area contributed by atoms with Crippen LogP contribution in [0.15, 0.2) is 36.5 Å². The van der Waals surface area contributed by atoms with Crippen LogP contribution < -0.4 is 0 Å². The smallest absolute Gasteiger partial charge is 0.462 e. The average molecular weight is 699 g/mol. The summed E-state index contributed by atoms with van der Waals surface area (Å²) < 4.78 is 32.0. The van der Waals surface area contributed by atoms with E-state index in [1.54, 1.807) is 0 Å². The topological polar surface area (TPSA) is 132 Å². The number of hydrogen-bond acceptors (Lipinski definition) is 7. The van der Waals surface area contributed by atoms with Gasteiger partial charge in [-0.25, -0.2) is 4.57 Å². The first-order valence-electron chi connectivity index (χ1n) is 18.8. The lowest BCUT2D eigenvalue weighted by atomic mass is 9.99. The number of carbonyl (C=O) groups is 2. The quantitative estimate of drug-likeness (QED) is 0.0232. The Morgan fingerprint density at radius 3 is 1.98 bits per heavy atom. The van der Waals surface area contributed by atoms with Crippen molar-refractivity contribution in [2.45, 2.75) is 174 Å². The van der Waals surface area contributed by atoms with Crippen molar-refractivity contribution in [3.8, 4) is 0 Å². The number of ether oxygens (including phenoxy) is 3. The highest BCUT2D eigenvalue weighted by molar-refractivity contribution is 7.46. The number of rotatable bonds is 32. The molecule has 0 spiro atoms. The van der Waals surface area contributed by atoms with Crippen molar-refractivity contribution in [3.63, 3.8) is 0 Å². The standard InChI is InChI=1S/C38H67O9P/c1-4-6-7-8-9-10-14-17-22-27-35-36(47-35)28-23-19-20-25-30-38(40)46-34(32-45-48(41,42)43)31-44-37(39)29-24-18-15-12-11-13-16-21-26-33(3)5-2/h9-10,17,19,22-23,33-36H,4-8,11-16,18,20-21,24-32H2,1-3H3,(H2,41,42,43)/b10-9-,22-17-,23-19-/t33?,34-,35?,36?/m1/s1. The molecule has 1 saturated heterocycles. The molecule has 278 valence electrons. The normalized spacial score (nSPS) is 17.8. The van der Waals surface area contributed by atoms with Crippen molar-refractivity contribution in [1.82, 2.24) is 0 Å². The van der Waals surface area contributed by atoms with E-state index in [1.165, 1.54) is 57.8 Å². The van der Waals surface area contributed by atoms with Gasteiger partial charge >= 0.3 is 19.8 Å². The minimum absolute atomic E-state index is 0.128. The van der Waals surface area contributed by atoms with Gasteiger partial charge < -0.3 is 24.0 Å². The lowest BCUT2D eigenvalue weighted by Gasteiger charge is -2.18. The number of epoxide rings is 1. The molecular weight excluding hydrogens is 631 g/mol. The van der Waals surface area contributed by atoms with Crippen LogP contribution in [0.3, 0.4) is 0 Å². The number of phosphoric acid groups is 1. The van der Waals surface area contributed by atoms with Crippen molar-refractivity contribution >= 4 is 19.8 Å². The molecule has 0 aliphatic carbocycles. The molecule has 10 heteroatoms. The van der Waals surface area contributed by atoms with Crippen LogP contribution in [-0.2, 0) is 32.9 Å². The molecule has 48 heavy (non-hydrogen) atoms. The maximum absolute atomic E-state index is 12.4. The second-order valence-electron chi connectivity index (χ2n) is 13.2. The van der Waals surface area contributed by atoms with E-state index in [2.05, 4.69) is 55.7 Å². The monoisotopic (exact) mass is 698 g/mol. The Balaban J connectivity index is 2.16. The number of hydrogen-bond donors (Lipinski definition) is 2. The Labute approximate surface area is 291 Å². The van der Waals surface area contributed by atoms with Gasteiger partial charge in [-0.15, -0.1) is 0 Å². The molecule has 1 fully saturated rings. The first kappa shape index (κ1) is 44.3. The number of phosphoric ester groups is 1. The summed E-state index contributed by atoms with van der Waals surface area (Å²) >= 11 is 0. The highest BCUT2D eigenvalue weighted by atomic mass is 31.2. The summed E-state index contributed by atoms with van der Waals surface area (Å²) in [4.78, 5) is 42.7. The molecule has 0 aromatic carbocycles. The van der Waals surface area contributed by atoms with Crippen LogP contribution in [0.1, 0.15) is 156 Å². The van der Waals surface area contributed by atoms with Gasteiger partial charge in [-0.3, -0.25) is 14.1 Å². The van der Waals surface area contributed by atoms with Gasteiger partial charge in [0, 0.05) is 12.8 Å². The summed E-state index contributed by atoms with van der Waals surface area (Å²) in [5, 5.41) is 0. The number of esters is 2. The lowest BCUT2D eigenvalue weighted by Crippen LogP contribution is -2.29. The lowest BCUT2D eigenvalue weighted by molar-refractivity contribution is -0.161.